The number of unbranched alkanes of at least 4 members (excludes halogenated alkanes) is 2. The standard InChI is InChI=1S/C35H38BrN3O3/c36-33-13-3-2-9-30(33)24-34(41)39(21-18-26-14-16-32(40)17-15-26)25-27-8-6-10-28(22-27)29-11-7-12-31(23-29)35(42)38-20-5-1-4-19-37/h2-3,6-17,22-23,40H,1,4-5,18-21,24-25,37H2,(H,38,42). The summed E-state index contributed by atoms with van der Waals surface area (Å²) in [7, 11) is 0. The fourth-order valence-electron chi connectivity index (χ4n) is 4.79. The Bertz CT molecular complexity index is 1470. The maximum absolute atomic E-state index is 13.6. The predicted octanol–water partition coefficient (Wildman–Crippen LogP) is 6.49. The third kappa shape index (κ3) is 9.29. The fraction of sp³-hybridized carbons (Fsp3) is 0.257. The number of amides is 2. The van der Waals surface area contributed by atoms with Gasteiger partial charge in [-0.25, -0.2) is 0 Å². The minimum atomic E-state index is -0.0844. The Morgan fingerprint density at radius 3 is 2.31 bits per heavy atom. The van der Waals surface area contributed by atoms with Crippen molar-refractivity contribution in [2.45, 2.75) is 38.6 Å². The second-order valence-electron chi connectivity index (χ2n) is 10.4. The molecule has 0 saturated carbocycles. The van der Waals surface area contributed by atoms with Gasteiger partial charge in [0.05, 0.1) is 6.42 Å². The van der Waals surface area contributed by atoms with Gasteiger partial charge in [0, 0.05) is 29.7 Å². The van der Waals surface area contributed by atoms with Crippen molar-refractivity contribution in [2.75, 3.05) is 19.6 Å². The van der Waals surface area contributed by atoms with Crippen molar-refractivity contribution in [3.05, 3.63) is 124 Å². The van der Waals surface area contributed by atoms with Crippen molar-refractivity contribution in [3.63, 3.8) is 0 Å². The molecule has 7 heteroatoms. The molecule has 4 N–H and O–H groups in total. The summed E-state index contributed by atoms with van der Waals surface area (Å²) >= 11 is 3.57. The number of carbonyl (C=O) groups is 2. The molecule has 2 amide bonds. The van der Waals surface area contributed by atoms with E-state index in [1.807, 2.05) is 83.8 Å². The molecule has 0 aliphatic heterocycles. The van der Waals surface area contributed by atoms with Crippen molar-refractivity contribution in [2.24, 2.45) is 5.73 Å². The summed E-state index contributed by atoms with van der Waals surface area (Å²) < 4.78 is 0.915. The van der Waals surface area contributed by atoms with E-state index in [1.165, 1.54) is 0 Å². The van der Waals surface area contributed by atoms with E-state index >= 15 is 0 Å². The van der Waals surface area contributed by atoms with E-state index in [4.69, 9.17) is 5.73 Å². The van der Waals surface area contributed by atoms with Gasteiger partial charge in [0.25, 0.3) is 5.91 Å². The number of hydrogen-bond acceptors (Lipinski definition) is 4. The number of phenols is 1. The zero-order chi connectivity index (χ0) is 29.7. The van der Waals surface area contributed by atoms with Gasteiger partial charge in [0.1, 0.15) is 5.75 Å². The van der Waals surface area contributed by atoms with Gasteiger partial charge in [0.2, 0.25) is 5.91 Å². The smallest absolute Gasteiger partial charge is 0.251 e. The van der Waals surface area contributed by atoms with Crippen LogP contribution in [0, 0.1) is 0 Å². The summed E-state index contributed by atoms with van der Waals surface area (Å²) in [6.45, 7) is 2.30. The van der Waals surface area contributed by atoms with Crippen molar-refractivity contribution >= 4 is 27.7 Å². The summed E-state index contributed by atoms with van der Waals surface area (Å²) in [6.07, 6.45) is 3.84. The average Bonchev–Trinajstić information content (AvgIpc) is 3.01. The lowest BCUT2D eigenvalue weighted by molar-refractivity contribution is -0.131. The Balaban J connectivity index is 1.49. The zero-order valence-electron chi connectivity index (χ0n) is 23.8. The topological polar surface area (TPSA) is 95.7 Å². The zero-order valence-corrected chi connectivity index (χ0v) is 25.4. The number of nitrogens with zero attached hydrogens (tertiary/aromatic N) is 1. The van der Waals surface area contributed by atoms with E-state index < -0.39 is 0 Å². The average molecular weight is 629 g/mol. The molecule has 218 valence electrons. The highest BCUT2D eigenvalue weighted by atomic mass is 79.9. The van der Waals surface area contributed by atoms with Gasteiger partial charge >= 0.3 is 0 Å². The lowest BCUT2D eigenvalue weighted by Gasteiger charge is -2.24. The third-order valence-electron chi connectivity index (χ3n) is 7.18. The molecule has 4 aromatic rings. The predicted molar refractivity (Wildman–Crippen MR) is 172 cm³/mol. The first-order valence-electron chi connectivity index (χ1n) is 14.4. The van der Waals surface area contributed by atoms with Crippen LogP contribution in [-0.2, 0) is 24.2 Å². The summed E-state index contributed by atoms with van der Waals surface area (Å²) in [4.78, 5) is 28.2. The van der Waals surface area contributed by atoms with Gasteiger partial charge < -0.3 is 21.1 Å². The third-order valence-corrected chi connectivity index (χ3v) is 7.96. The maximum Gasteiger partial charge on any atom is 0.251 e. The molecule has 42 heavy (non-hydrogen) atoms. The number of nitrogens with two attached hydrogens (primary N) is 1. The molecule has 0 radical (unpaired) electrons. The van der Waals surface area contributed by atoms with Gasteiger partial charge in [-0.05, 0) is 90.0 Å². The van der Waals surface area contributed by atoms with Crippen molar-refractivity contribution < 1.29 is 14.7 Å². The number of carbonyl (C=O) groups excluding carboxylic acids is 2. The van der Waals surface area contributed by atoms with E-state index in [9.17, 15) is 14.7 Å². The Hall–Kier alpha value is -3.94. The maximum atomic E-state index is 13.6. The number of rotatable bonds is 14. The van der Waals surface area contributed by atoms with Crippen LogP contribution in [-0.4, -0.2) is 41.5 Å². The molecule has 0 spiro atoms. The van der Waals surface area contributed by atoms with E-state index in [0.29, 0.717) is 44.6 Å². The molecule has 0 aromatic heterocycles. The lowest BCUT2D eigenvalue weighted by atomic mass is 10.0. The van der Waals surface area contributed by atoms with Crippen LogP contribution in [0.25, 0.3) is 11.1 Å². The van der Waals surface area contributed by atoms with Crippen LogP contribution >= 0.6 is 15.9 Å². The second-order valence-corrected chi connectivity index (χ2v) is 11.2. The van der Waals surface area contributed by atoms with Crippen LogP contribution in [0.2, 0.25) is 0 Å². The Labute approximate surface area is 256 Å². The molecular formula is C35H38BrN3O3. The summed E-state index contributed by atoms with van der Waals surface area (Å²) in [6, 6.07) is 30.7. The number of hydrogen-bond donors (Lipinski definition) is 3. The molecule has 0 aliphatic carbocycles. The number of halogens is 1. The quantitative estimate of drug-likeness (QED) is 0.139. The fourth-order valence-corrected chi connectivity index (χ4v) is 5.22. The van der Waals surface area contributed by atoms with E-state index in [0.717, 1.165) is 51.6 Å². The van der Waals surface area contributed by atoms with Gasteiger partial charge in [-0.15, -0.1) is 0 Å². The molecule has 0 aliphatic rings. The number of nitrogens with one attached hydrogen (secondary N) is 1. The monoisotopic (exact) mass is 627 g/mol. The molecule has 0 unspecified atom stereocenters. The molecule has 4 rings (SSSR count). The molecule has 0 bridgehead atoms. The Kier molecular flexibility index (Phi) is 11.7. The lowest BCUT2D eigenvalue weighted by Crippen LogP contribution is -2.33. The van der Waals surface area contributed by atoms with Crippen molar-refractivity contribution in [1.29, 1.82) is 0 Å². The molecule has 0 fully saturated rings. The first-order valence-corrected chi connectivity index (χ1v) is 15.2. The van der Waals surface area contributed by atoms with E-state index in [2.05, 4.69) is 27.3 Å². The van der Waals surface area contributed by atoms with Crippen LogP contribution in [0.1, 0.15) is 46.3 Å². The van der Waals surface area contributed by atoms with Crippen LogP contribution in [0.5, 0.6) is 5.75 Å². The van der Waals surface area contributed by atoms with Gasteiger partial charge in [-0.1, -0.05) is 83.0 Å². The molecular weight excluding hydrogens is 590 g/mol. The molecule has 6 nitrogen and oxygen atoms in total. The number of benzene rings is 4. The van der Waals surface area contributed by atoms with Crippen LogP contribution < -0.4 is 11.1 Å². The van der Waals surface area contributed by atoms with E-state index in [1.54, 1.807) is 12.1 Å². The number of phenolic OH excluding ortho intramolecular Hbond substituents is 1. The largest absolute Gasteiger partial charge is 0.508 e. The first-order chi connectivity index (χ1) is 20.4. The molecule has 0 heterocycles. The molecule has 0 atom stereocenters. The highest BCUT2D eigenvalue weighted by Crippen LogP contribution is 2.24. The SMILES string of the molecule is NCCCCCNC(=O)c1cccc(-c2cccc(CN(CCc3ccc(O)cc3)C(=O)Cc3ccccc3Br)c2)c1. The van der Waals surface area contributed by atoms with Gasteiger partial charge in [0.15, 0.2) is 0 Å². The second kappa shape index (κ2) is 15.9. The normalized spacial score (nSPS) is 10.8. The summed E-state index contributed by atoms with van der Waals surface area (Å²) in [5.74, 6) is 0.177. The summed E-state index contributed by atoms with van der Waals surface area (Å²) in [5.41, 5.74) is 11.1. The minimum Gasteiger partial charge on any atom is -0.508 e. The van der Waals surface area contributed by atoms with Gasteiger partial charge in [-0.2, -0.15) is 0 Å². The van der Waals surface area contributed by atoms with Crippen molar-refractivity contribution in [3.8, 4) is 16.9 Å². The molecule has 4 aromatic carbocycles. The van der Waals surface area contributed by atoms with Crippen LogP contribution in [0.4, 0.5) is 0 Å². The number of aromatic hydroxyl groups is 1. The Morgan fingerprint density at radius 2 is 1.55 bits per heavy atom. The first kappa shape index (κ1) is 31.0. The highest BCUT2D eigenvalue weighted by Gasteiger charge is 2.17. The minimum absolute atomic E-state index is 0.0382. The van der Waals surface area contributed by atoms with Crippen LogP contribution in [0.3, 0.4) is 0 Å². The van der Waals surface area contributed by atoms with Gasteiger partial charge in [-0.3, -0.25) is 9.59 Å². The Morgan fingerprint density at radius 1 is 0.810 bits per heavy atom. The highest BCUT2D eigenvalue weighted by molar-refractivity contribution is 9.10. The van der Waals surface area contributed by atoms with Crippen molar-refractivity contribution in [1.82, 2.24) is 10.2 Å². The van der Waals surface area contributed by atoms with Crippen LogP contribution in [0.15, 0.2) is 102 Å². The molecule has 0 saturated heterocycles. The summed E-state index contributed by atoms with van der Waals surface area (Å²) in [5, 5.41) is 12.6. The van der Waals surface area contributed by atoms with E-state index in [-0.39, 0.29) is 17.6 Å².